The number of carbonyl (C=O) groups is 1. The van der Waals surface area contributed by atoms with E-state index in [0.717, 1.165) is 25.9 Å². The number of hydrogen-bond acceptors (Lipinski definition) is 3. The fraction of sp³-hybridized carbons (Fsp3) is 0.588. The highest BCUT2D eigenvalue weighted by Crippen LogP contribution is 2.62. The van der Waals surface area contributed by atoms with Crippen molar-refractivity contribution >= 4 is 5.91 Å². The standard InChI is InChI=1S/C17H21NO3/c19-13(11-5-2-1-3-6-11)16(20)18-14-12-7-10-21-15(12)17(14)8-4-9-17/h1-3,5-6,12-15,19H,4,7-10H2,(H,18,20). The number of aliphatic hydroxyl groups excluding tert-OH is 1. The van der Waals surface area contributed by atoms with Crippen LogP contribution in [-0.4, -0.2) is 29.8 Å². The first kappa shape index (κ1) is 13.3. The molecule has 0 aromatic heterocycles. The lowest BCUT2D eigenvalue weighted by atomic mass is 9.46. The first-order valence-electron chi connectivity index (χ1n) is 7.87. The highest BCUT2D eigenvalue weighted by molar-refractivity contribution is 5.82. The molecule has 4 rings (SSSR count). The number of hydrogen-bond donors (Lipinski definition) is 2. The van der Waals surface area contributed by atoms with Gasteiger partial charge in [0.15, 0.2) is 6.10 Å². The van der Waals surface area contributed by atoms with Gasteiger partial charge in [-0.25, -0.2) is 0 Å². The second kappa shape index (κ2) is 4.82. The van der Waals surface area contributed by atoms with E-state index in [0.29, 0.717) is 17.6 Å². The fourth-order valence-electron chi connectivity index (χ4n) is 4.47. The van der Waals surface area contributed by atoms with Crippen LogP contribution in [0.1, 0.15) is 37.4 Å². The van der Waals surface area contributed by atoms with Gasteiger partial charge in [0.05, 0.1) is 6.10 Å². The van der Waals surface area contributed by atoms with Gasteiger partial charge in [-0.05, 0) is 24.8 Å². The molecule has 2 aliphatic carbocycles. The summed E-state index contributed by atoms with van der Waals surface area (Å²) in [5, 5.41) is 13.3. The number of amides is 1. The van der Waals surface area contributed by atoms with E-state index in [4.69, 9.17) is 4.74 Å². The third-order valence-corrected chi connectivity index (χ3v) is 5.70. The Hall–Kier alpha value is -1.39. The quantitative estimate of drug-likeness (QED) is 0.891. The summed E-state index contributed by atoms with van der Waals surface area (Å²) in [5.74, 6) is 0.167. The largest absolute Gasteiger partial charge is 0.378 e. The molecular weight excluding hydrogens is 266 g/mol. The smallest absolute Gasteiger partial charge is 0.253 e. The van der Waals surface area contributed by atoms with Crippen LogP contribution in [0.4, 0.5) is 0 Å². The van der Waals surface area contributed by atoms with Crippen LogP contribution in [0.2, 0.25) is 0 Å². The molecule has 3 aliphatic rings. The summed E-state index contributed by atoms with van der Waals surface area (Å²) in [4.78, 5) is 12.4. The van der Waals surface area contributed by atoms with E-state index >= 15 is 0 Å². The molecule has 1 amide bonds. The molecule has 1 heterocycles. The Labute approximate surface area is 124 Å². The average Bonchev–Trinajstić information content (AvgIpc) is 2.88. The van der Waals surface area contributed by atoms with Crippen LogP contribution in [0.25, 0.3) is 0 Å². The molecule has 4 nitrogen and oxygen atoms in total. The number of aliphatic hydroxyl groups is 1. The molecule has 2 saturated carbocycles. The van der Waals surface area contributed by atoms with E-state index in [1.165, 1.54) is 6.42 Å². The average molecular weight is 287 g/mol. The minimum Gasteiger partial charge on any atom is -0.378 e. The van der Waals surface area contributed by atoms with Gasteiger partial charge in [0, 0.05) is 24.0 Å². The molecule has 4 heteroatoms. The summed E-state index contributed by atoms with van der Waals surface area (Å²) in [6.45, 7) is 0.810. The summed E-state index contributed by atoms with van der Waals surface area (Å²) >= 11 is 0. The lowest BCUT2D eigenvalue weighted by Crippen LogP contribution is -2.72. The second-order valence-corrected chi connectivity index (χ2v) is 6.63. The molecule has 1 spiro atoms. The molecule has 0 radical (unpaired) electrons. The number of ether oxygens (including phenoxy) is 1. The van der Waals surface area contributed by atoms with Crippen LogP contribution >= 0.6 is 0 Å². The summed E-state index contributed by atoms with van der Waals surface area (Å²) < 4.78 is 5.85. The molecule has 3 fully saturated rings. The highest BCUT2D eigenvalue weighted by atomic mass is 16.5. The Kier molecular flexibility index (Phi) is 3.05. The Morgan fingerprint density at radius 1 is 1.33 bits per heavy atom. The van der Waals surface area contributed by atoms with E-state index < -0.39 is 6.10 Å². The SMILES string of the molecule is O=C(NC1C2CCOC2C12CCC2)C(O)c1ccccc1. The van der Waals surface area contributed by atoms with Crippen molar-refractivity contribution in [3.63, 3.8) is 0 Å². The third kappa shape index (κ3) is 1.86. The molecule has 21 heavy (non-hydrogen) atoms. The zero-order chi connectivity index (χ0) is 14.4. The van der Waals surface area contributed by atoms with Crippen molar-refractivity contribution in [2.24, 2.45) is 11.3 Å². The second-order valence-electron chi connectivity index (χ2n) is 6.63. The van der Waals surface area contributed by atoms with Gasteiger partial charge in [-0.2, -0.15) is 0 Å². The normalized spacial score (nSPS) is 33.7. The van der Waals surface area contributed by atoms with Gasteiger partial charge in [0.25, 0.3) is 5.91 Å². The molecule has 4 unspecified atom stereocenters. The number of fused-ring (bicyclic) bond motifs is 2. The van der Waals surface area contributed by atoms with Crippen LogP contribution in [0.3, 0.4) is 0 Å². The van der Waals surface area contributed by atoms with Gasteiger partial charge in [-0.3, -0.25) is 4.79 Å². The maximum Gasteiger partial charge on any atom is 0.253 e. The molecule has 4 atom stereocenters. The number of carbonyl (C=O) groups excluding carboxylic acids is 1. The molecule has 1 saturated heterocycles. The van der Waals surface area contributed by atoms with E-state index in [2.05, 4.69) is 5.32 Å². The van der Waals surface area contributed by atoms with Crippen molar-refractivity contribution in [3.05, 3.63) is 35.9 Å². The van der Waals surface area contributed by atoms with E-state index in [1.54, 1.807) is 12.1 Å². The van der Waals surface area contributed by atoms with Crippen molar-refractivity contribution in [3.8, 4) is 0 Å². The maximum absolute atomic E-state index is 12.4. The van der Waals surface area contributed by atoms with Crippen molar-refractivity contribution in [2.45, 2.75) is 43.9 Å². The van der Waals surface area contributed by atoms with Crippen molar-refractivity contribution in [1.29, 1.82) is 0 Å². The molecule has 0 bridgehead atoms. The van der Waals surface area contributed by atoms with Gasteiger partial charge in [-0.15, -0.1) is 0 Å². The first-order chi connectivity index (χ1) is 10.2. The predicted molar refractivity (Wildman–Crippen MR) is 77.5 cm³/mol. The zero-order valence-corrected chi connectivity index (χ0v) is 12.0. The lowest BCUT2D eigenvalue weighted by Gasteiger charge is -2.63. The lowest BCUT2D eigenvalue weighted by molar-refractivity contribution is -0.181. The Morgan fingerprint density at radius 2 is 2.10 bits per heavy atom. The topological polar surface area (TPSA) is 58.6 Å². The van der Waals surface area contributed by atoms with E-state index in [1.807, 2.05) is 18.2 Å². The van der Waals surface area contributed by atoms with Crippen molar-refractivity contribution in [1.82, 2.24) is 5.32 Å². The fourth-order valence-corrected chi connectivity index (χ4v) is 4.47. The summed E-state index contributed by atoms with van der Waals surface area (Å²) in [7, 11) is 0. The third-order valence-electron chi connectivity index (χ3n) is 5.70. The maximum atomic E-state index is 12.4. The number of benzene rings is 1. The summed E-state index contributed by atoms with van der Waals surface area (Å²) in [6, 6.07) is 9.30. The number of nitrogens with one attached hydrogen (secondary N) is 1. The molecule has 112 valence electrons. The number of rotatable bonds is 3. The van der Waals surface area contributed by atoms with Gasteiger partial charge in [-0.1, -0.05) is 36.8 Å². The molecule has 1 aromatic rings. The van der Waals surface area contributed by atoms with Crippen LogP contribution in [-0.2, 0) is 9.53 Å². The van der Waals surface area contributed by atoms with Crippen molar-refractivity contribution < 1.29 is 14.6 Å². The Bertz CT molecular complexity index is 540. The van der Waals surface area contributed by atoms with Crippen LogP contribution in [0.15, 0.2) is 30.3 Å². The minimum atomic E-state index is -1.08. The summed E-state index contributed by atoms with van der Waals surface area (Å²) in [5.41, 5.74) is 0.809. The van der Waals surface area contributed by atoms with Gasteiger partial charge < -0.3 is 15.2 Å². The zero-order valence-electron chi connectivity index (χ0n) is 12.0. The first-order valence-corrected chi connectivity index (χ1v) is 7.87. The molecule has 1 aromatic carbocycles. The van der Waals surface area contributed by atoms with Gasteiger partial charge in [0.2, 0.25) is 0 Å². The highest BCUT2D eigenvalue weighted by Gasteiger charge is 2.67. The van der Waals surface area contributed by atoms with E-state index in [-0.39, 0.29) is 17.4 Å². The van der Waals surface area contributed by atoms with Crippen LogP contribution < -0.4 is 5.32 Å². The molecular formula is C17H21NO3. The van der Waals surface area contributed by atoms with Crippen molar-refractivity contribution in [2.75, 3.05) is 6.61 Å². The Morgan fingerprint density at radius 3 is 2.76 bits per heavy atom. The van der Waals surface area contributed by atoms with Gasteiger partial charge >= 0.3 is 0 Å². The summed E-state index contributed by atoms with van der Waals surface area (Å²) in [6.07, 6.45) is 3.79. The van der Waals surface area contributed by atoms with Crippen LogP contribution in [0, 0.1) is 11.3 Å². The molecule has 1 aliphatic heterocycles. The predicted octanol–water partition coefficient (Wildman–Crippen LogP) is 1.79. The van der Waals surface area contributed by atoms with Gasteiger partial charge in [0.1, 0.15) is 0 Å². The Balaban J connectivity index is 1.47. The van der Waals surface area contributed by atoms with Crippen LogP contribution in [0.5, 0.6) is 0 Å². The minimum absolute atomic E-state index is 0.160. The molecule has 2 N–H and O–H groups in total. The van der Waals surface area contributed by atoms with E-state index in [9.17, 15) is 9.90 Å². The monoisotopic (exact) mass is 287 g/mol.